The van der Waals surface area contributed by atoms with Crippen molar-refractivity contribution >= 4 is 17.7 Å². The lowest BCUT2D eigenvalue weighted by molar-refractivity contribution is 0.480. The van der Waals surface area contributed by atoms with E-state index in [0.717, 1.165) is 17.7 Å². The molecule has 0 aliphatic heterocycles. The third kappa shape index (κ3) is 5.21. The molecule has 0 fully saturated rings. The van der Waals surface area contributed by atoms with Gasteiger partial charge in [0.1, 0.15) is 11.5 Å². The van der Waals surface area contributed by atoms with Crippen LogP contribution in [0.5, 0.6) is 11.5 Å². The van der Waals surface area contributed by atoms with Gasteiger partial charge in [0.2, 0.25) is 0 Å². The second kappa shape index (κ2) is 7.81. The van der Waals surface area contributed by atoms with Crippen LogP contribution < -0.4 is 10.1 Å². The number of aromatic nitrogens is 1. The van der Waals surface area contributed by atoms with Crippen LogP contribution >= 0.6 is 11.6 Å². The molecule has 0 amide bonds. The number of halogens is 1. The summed E-state index contributed by atoms with van der Waals surface area (Å²) in [4.78, 5) is 4.20. The quantitative estimate of drug-likeness (QED) is 0.850. The molecule has 0 aliphatic rings. The third-order valence-corrected chi connectivity index (χ3v) is 3.33. The Morgan fingerprint density at radius 1 is 1.24 bits per heavy atom. The monoisotopic (exact) mass is 302 g/mol. The Bertz CT molecular complexity index is 596. The van der Waals surface area contributed by atoms with E-state index in [4.69, 9.17) is 16.3 Å². The molecule has 110 valence electrons. The summed E-state index contributed by atoms with van der Waals surface area (Å²) in [5.74, 6) is 1.45. The maximum atomic E-state index is 5.85. The molecule has 0 spiro atoms. The van der Waals surface area contributed by atoms with E-state index in [2.05, 4.69) is 29.4 Å². The van der Waals surface area contributed by atoms with Crippen LogP contribution in [0.15, 0.2) is 48.8 Å². The maximum Gasteiger partial charge on any atom is 0.146 e. The largest absolute Gasteiger partial charge is 0.456 e. The first-order chi connectivity index (χ1) is 10.2. The van der Waals surface area contributed by atoms with Crippen LogP contribution in [0.4, 0.5) is 0 Å². The standard InChI is InChI=1S/C17H19ClN2O/c1-13(19-2)4-3-5-14-10-17(12-20-11-14)21-16-8-6-15(18)7-9-16/h3,5-13,19H,4H2,1-2H3/b5-3+/t13-/m0/s1. The number of rotatable bonds is 6. The Hall–Kier alpha value is -1.84. The van der Waals surface area contributed by atoms with Gasteiger partial charge < -0.3 is 10.1 Å². The predicted molar refractivity (Wildman–Crippen MR) is 87.9 cm³/mol. The normalized spacial score (nSPS) is 12.5. The van der Waals surface area contributed by atoms with Crippen molar-refractivity contribution in [3.63, 3.8) is 0 Å². The molecule has 0 radical (unpaired) electrons. The Morgan fingerprint density at radius 3 is 2.71 bits per heavy atom. The molecular formula is C17H19ClN2O. The topological polar surface area (TPSA) is 34.2 Å². The summed E-state index contributed by atoms with van der Waals surface area (Å²) in [6.45, 7) is 2.14. The van der Waals surface area contributed by atoms with Gasteiger partial charge in [0.15, 0.2) is 0 Å². The molecule has 1 aromatic heterocycles. The molecule has 2 aromatic rings. The first-order valence-corrected chi connectivity index (χ1v) is 7.27. The molecule has 3 nitrogen and oxygen atoms in total. The summed E-state index contributed by atoms with van der Waals surface area (Å²) >= 11 is 5.85. The van der Waals surface area contributed by atoms with Crippen molar-refractivity contribution in [2.24, 2.45) is 0 Å². The van der Waals surface area contributed by atoms with E-state index in [1.165, 1.54) is 0 Å². The minimum Gasteiger partial charge on any atom is -0.456 e. The van der Waals surface area contributed by atoms with Crippen molar-refractivity contribution in [2.75, 3.05) is 7.05 Å². The van der Waals surface area contributed by atoms with Crippen LogP contribution in [0.25, 0.3) is 6.08 Å². The summed E-state index contributed by atoms with van der Waals surface area (Å²) < 4.78 is 5.76. The summed E-state index contributed by atoms with van der Waals surface area (Å²) in [6.07, 6.45) is 8.66. The van der Waals surface area contributed by atoms with Gasteiger partial charge in [0, 0.05) is 17.3 Å². The fourth-order valence-electron chi connectivity index (χ4n) is 1.75. The first-order valence-electron chi connectivity index (χ1n) is 6.89. The van der Waals surface area contributed by atoms with Gasteiger partial charge in [-0.15, -0.1) is 0 Å². The zero-order valence-electron chi connectivity index (χ0n) is 12.2. The van der Waals surface area contributed by atoms with Gasteiger partial charge >= 0.3 is 0 Å². The number of ether oxygens (including phenoxy) is 1. The number of hydrogen-bond acceptors (Lipinski definition) is 3. The Kier molecular flexibility index (Phi) is 5.78. The minimum atomic E-state index is 0.461. The highest BCUT2D eigenvalue weighted by Gasteiger charge is 1.99. The molecule has 0 bridgehead atoms. The van der Waals surface area contributed by atoms with Crippen molar-refractivity contribution in [3.05, 3.63) is 59.4 Å². The molecule has 4 heteroatoms. The molecule has 0 saturated carbocycles. The van der Waals surface area contributed by atoms with Gasteiger partial charge in [-0.25, -0.2) is 0 Å². The van der Waals surface area contributed by atoms with Crippen molar-refractivity contribution in [1.29, 1.82) is 0 Å². The lowest BCUT2D eigenvalue weighted by Crippen LogP contribution is -2.19. The van der Waals surface area contributed by atoms with Crippen LogP contribution in [0.3, 0.4) is 0 Å². The van der Waals surface area contributed by atoms with Crippen molar-refractivity contribution in [3.8, 4) is 11.5 Å². The second-order valence-corrected chi connectivity index (χ2v) is 5.27. The predicted octanol–water partition coefficient (Wildman–Crippen LogP) is 4.54. The maximum absolute atomic E-state index is 5.85. The van der Waals surface area contributed by atoms with Gasteiger partial charge in [-0.1, -0.05) is 23.8 Å². The van der Waals surface area contributed by atoms with Gasteiger partial charge in [-0.3, -0.25) is 4.98 Å². The molecule has 1 atom stereocenters. The molecule has 0 aliphatic carbocycles. The highest BCUT2D eigenvalue weighted by molar-refractivity contribution is 6.30. The number of pyridine rings is 1. The van der Waals surface area contributed by atoms with Gasteiger partial charge in [0.05, 0.1) is 6.20 Å². The molecule has 1 N–H and O–H groups in total. The summed E-state index contributed by atoms with van der Waals surface area (Å²) in [7, 11) is 1.96. The Labute approximate surface area is 130 Å². The smallest absolute Gasteiger partial charge is 0.146 e. The minimum absolute atomic E-state index is 0.461. The zero-order valence-corrected chi connectivity index (χ0v) is 13.0. The third-order valence-electron chi connectivity index (χ3n) is 3.08. The zero-order chi connectivity index (χ0) is 15.1. The van der Waals surface area contributed by atoms with Crippen LogP contribution in [0, 0.1) is 0 Å². The van der Waals surface area contributed by atoms with Gasteiger partial charge in [-0.2, -0.15) is 0 Å². The number of nitrogens with zero attached hydrogens (tertiary/aromatic N) is 1. The lowest BCUT2D eigenvalue weighted by Gasteiger charge is -2.06. The van der Waals surface area contributed by atoms with E-state index in [1.54, 1.807) is 18.3 Å². The fraction of sp³-hybridized carbons (Fsp3) is 0.235. The van der Waals surface area contributed by atoms with E-state index in [1.807, 2.05) is 31.4 Å². The van der Waals surface area contributed by atoms with E-state index >= 15 is 0 Å². The molecular weight excluding hydrogens is 284 g/mol. The SMILES string of the molecule is CN[C@@H](C)C/C=C/c1cncc(Oc2ccc(Cl)cc2)c1. The van der Waals surface area contributed by atoms with Crippen molar-refractivity contribution < 1.29 is 4.74 Å². The molecule has 21 heavy (non-hydrogen) atoms. The molecule has 1 heterocycles. The van der Waals surface area contributed by atoms with Crippen molar-refractivity contribution in [2.45, 2.75) is 19.4 Å². The summed E-state index contributed by atoms with van der Waals surface area (Å²) in [5.41, 5.74) is 1.02. The van der Waals surface area contributed by atoms with Crippen molar-refractivity contribution in [1.82, 2.24) is 10.3 Å². The Morgan fingerprint density at radius 2 is 2.00 bits per heavy atom. The van der Waals surface area contributed by atoms with E-state index < -0.39 is 0 Å². The number of hydrogen-bond donors (Lipinski definition) is 1. The number of nitrogens with one attached hydrogen (secondary N) is 1. The molecule has 0 saturated heterocycles. The first kappa shape index (κ1) is 15.5. The lowest BCUT2D eigenvalue weighted by atomic mass is 10.2. The van der Waals surface area contributed by atoms with Crippen LogP contribution in [0.1, 0.15) is 18.9 Å². The van der Waals surface area contributed by atoms with Gasteiger partial charge in [-0.05, 0) is 56.3 Å². The van der Waals surface area contributed by atoms with E-state index in [-0.39, 0.29) is 0 Å². The summed E-state index contributed by atoms with van der Waals surface area (Å²) in [6, 6.07) is 9.68. The van der Waals surface area contributed by atoms with Crippen LogP contribution in [0.2, 0.25) is 5.02 Å². The molecule has 2 rings (SSSR count). The Balaban J connectivity index is 2.02. The highest BCUT2D eigenvalue weighted by Crippen LogP contribution is 2.23. The highest BCUT2D eigenvalue weighted by atomic mass is 35.5. The average Bonchev–Trinajstić information content (AvgIpc) is 2.50. The van der Waals surface area contributed by atoms with Crippen LogP contribution in [-0.2, 0) is 0 Å². The van der Waals surface area contributed by atoms with E-state index in [9.17, 15) is 0 Å². The number of benzene rings is 1. The van der Waals surface area contributed by atoms with Crippen LogP contribution in [-0.4, -0.2) is 18.1 Å². The average molecular weight is 303 g/mol. The molecule has 0 unspecified atom stereocenters. The van der Waals surface area contributed by atoms with E-state index in [0.29, 0.717) is 16.8 Å². The summed E-state index contributed by atoms with van der Waals surface area (Å²) in [5, 5.41) is 3.89. The van der Waals surface area contributed by atoms with Gasteiger partial charge in [0.25, 0.3) is 0 Å². The fourth-order valence-corrected chi connectivity index (χ4v) is 1.87. The second-order valence-electron chi connectivity index (χ2n) is 4.84. The molecule has 1 aromatic carbocycles.